The highest BCUT2D eigenvalue weighted by Crippen LogP contribution is 2.74. The molecular formula is C123H119Br2N3O4. The number of nitrogens with one attached hydrogen (secondary N) is 1. The Morgan fingerprint density at radius 1 is 0.295 bits per heavy atom. The summed E-state index contributed by atoms with van der Waals surface area (Å²) in [6.07, 6.45) is 13.2. The van der Waals surface area contributed by atoms with E-state index in [2.05, 4.69) is 397 Å². The molecule has 0 atom stereocenters. The van der Waals surface area contributed by atoms with Gasteiger partial charge in [0.15, 0.2) is 0 Å². The quantitative estimate of drug-likeness (QED) is 0.116. The summed E-state index contributed by atoms with van der Waals surface area (Å²) >= 11 is 7.71. The van der Waals surface area contributed by atoms with Crippen molar-refractivity contribution in [3.8, 4) is 22.3 Å². The Labute approximate surface area is 794 Å². The van der Waals surface area contributed by atoms with Crippen LogP contribution in [0.2, 0.25) is 0 Å². The van der Waals surface area contributed by atoms with Crippen molar-refractivity contribution in [2.24, 2.45) is 47.3 Å². The van der Waals surface area contributed by atoms with Crippen LogP contribution >= 0.6 is 31.9 Å². The Bertz CT molecular complexity index is 7330. The molecule has 10 aliphatic rings. The molecule has 8 bridgehead atoms. The van der Waals surface area contributed by atoms with E-state index < -0.39 is 0 Å². The van der Waals surface area contributed by atoms with Gasteiger partial charge in [0.2, 0.25) is 0 Å². The third-order valence-electron chi connectivity index (χ3n) is 32.8. The van der Waals surface area contributed by atoms with Crippen LogP contribution < -0.4 is 15.1 Å². The van der Waals surface area contributed by atoms with Gasteiger partial charge in [-0.3, -0.25) is 0 Å². The highest BCUT2D eigenvalue weighted by atomic mass is 79.9. The van der Waals surface area contributed by atoms with E-state index in [1.165, 1.54) is 185 Å². The third-order valence-corrected chi connectivity index (χ3v) is 33.9. The van der Waals surface area contributed by atoms with Crippen LogP contribution in [0.1, 0.15) is 246 Å². The molecule has 1 N–H and O–H groups in total. The van der Waals surface area contributed by atoms with Gasteiger partial charge in [0.25, 0.3) is 0 Å². The molecule has 664 valence electrons. The van der Waals surface area contributed by atoms with Gasteiger partial charge in [0.1, 0.15) is 44.7 Å². The molecule has 8 saturated carbocycles. The number of hydrogen-bond donors (Lipinski definition) is 1. The van der Waals surface area contributed by atoms with Gasteiger partial charge in [-0.15, -0.1) is 0 Å². The number of furan rings is 4. The minimum atomic E-state index is -0.229. The molecule has 132 heavy (non-hydrogen) atoms. The van der Waals surface area contributed by atoms with Crippen molar-refractivity contribution in [2.75, 3.05) is 15.1 Å². The van der Waals surface area contributed by atoms with Crippen LogP contribution in [0.5, 0.6) is 0 Å². The maximum atomic E-state index is 7.60. The number of nitrogens with zero attached hydrogens (tertiary/aromatic N) is 2. The lowest BCUT2D eigenvalue weighted by atomic mass is 9.43. The fraction of sp³-hybridized carbons (Fsp3) is 0.317. The van der Waals surface area contributed by atoms with Crippen molar-refractivity contribution in [1.82, 2.24) is 0 Å². The number of para-hydroxylation sites is 2. The van der Waals surface area contributed by atoms with Crippen LogP contribution in [0.4, 0.5) is 45.5 Å². The zero-order valence-corrected chi connectivity index (χ0v) is 80.5. The van der Waals surface area contributed by atoms with E-state index in [0.29, 0.717) is 59.2 Å². The summed E-state index contributed by atoms with van der Waals surface area (Å²) in [5, 5.41) is 13.0. The molecule has 0 amide bonds. The van der Waals surface area contributed by atoms with Gasteiger partial charge in [0.05, 0.1) is 11.1 Å². The Balaban J connectivity index is 0.000000140. The van der Waals surface area contributed by atoms with Gasteiger partial charge >= 0.3 is 0 Å². The molecule has 10 aliphatic carbocycles. The largest absolute Gasteiger partial charge is 0.456 e. The number of hydrogen-bond acceptors (Lipinski definition) is 7. The molecule has 28 rings (SSSR count). The number of rotatable bonds is 14. The van der Waals surface area contributed by atoms with E-state index in [1.807, 2.05) is 0 Å². The standard InChI is InChI=1S/C70H68N2O2.C34H24Br2O2.C18H23N.CH4/c1-40(2)46-13-21-52(22-14-46)71(53-23-15-47(16-24-53)41(3)4)56-29-30-57-58-31-32-60-65-61(70(67(60)68(58)74-64(57)38-56)50-34-44-33-45(36-50)37-51(70)35-44)39-62(66-59-11-9-10-12-63(59)73-69(65)66)72(54-25-17-48(18-26-54)42(5)6)55-27-19-49(20-28-55)43(7)8;35-20-5-6-21-22-7-8-24-29-25(15-26(36)30-23-3-1-2-4-27(23)37-33(29)30)34(31(24)32(22)38-28(21)14-20)18-10-16-9-17(12-18)13-19(34)11-16;1-13(2)15-5-9-17(10-6-15)19-18-11-7-16(8-12-18)14(3)4;/h9-32,38-45,50-51H,33-37H2,1-8H3;1-8,14-19H,9-13H2;5-14,19H,1-4H3;1H4. The number of halogens is 2. The zero-order chi connectivity index (χ0) is 89.1. The molecule has 14 aromatic carbocycles. The second-order valence-corrected chi connectivity index (χ2v) is 43.9. The second kappa shape index (κ2) is 32.5. The Hall–Kier alpha value is -11.4. The number of fused-ring (bicyclic) bond motifs is 22. The average molecular weight is 1860 g/mol. The Morgan fingerprint density at radius 2 is 0.621 bits per heavy atom. The summed E-state index contributed by atoms with van der Waals surface area (Å²) in [4.78, 5) is 4.95. The summed E-state index contributed by atoms with van der Waals surface area (Å²) in [7, 11) is 0. The van der Waals surface area contributed by atoms with Crippen molar-refractivity contribution in [1.29, 1.82) is 0 Å². The molecule has 0 saturated heterocycles. The SMILES string of the molecule is Brc1ccc2c(c1)oc1c3c(ccc12)-c1c(cc(Br)c2c1oc1ccccc12)C31C2CC3CC(C2)CC1C3.C.CC(C)c1ccc(N(c2ccc(C(C)C)cc2)c2ccc3c(c2)oc2c4c(ccc23)-c2c(cc(N(c3ccc(C(C)C)cc3)c3ccc(C(C)C)cc3)c3c2oc2ccccc23)C42C3CC4CC(C3)CC2C4)cc1.CC(C)c1ccc(Nc2ccc(C(C)C)cc2)cc1. The Morgan fingerprint density at radius 3 is 1.02 bits per heavy atom. The van der Waals surface area contributed by atoms with Gasteiger partial charge < -0.3 is 32.8 Å². The summed E-state index contributed by atoms with van der Waals surface area (Å²) < 4.78 is 30.8. The summed E-state index contributed by atoms with van der Waals surface area (Å²) in [6.45, 7) is 27.1. The molecule has 8 fully saturated rings. The fourth-order valence-electron chi connectivity index (χ4n) is 26.9. The van der Waals surface area contributed by atoms with Crippen LogP contribution in [-0.4, -0.2) is 0 Å². The van der Waals surface area contributed by atoms with Crippen molar-refractivity contribution >= 4 is 165 Å². The van der Waals surface area contributed by atoms with Crippen LogP contribution in [-0.2, 0) is 10.8 Å². The first-order valence-corrected chi connectivity index (χ1v) is 50.5. The Kier molecular flexibility index (Phi) is 20.9. The summed E-state index contributed by atoms with van der Waals surface area (Å²) in [5.41, 5.74) is 36.0. The first-order chi connectivity index (χ1) is 63.6. The molecular weight excluding hydrogens is 1740 g/mol. The van der Waals surface area contributed by atoms with E-state index >= 15 is 0 Å². The molecule has 0 radical (unpaired) electrons. The molecule has 0 aliphatic heterocycles. The van der Waals surface area contributed by atoms with E-state index in [0.717, 1.165) is 122 Å². The van der Waals surface area contributed by atoms with Gasteiger partial charge in [-0.1, -0.05) is 244 Å². The zero-order valence-electron chi connectivity index (χ0n) is 77.3. The van der Waals surface area contributed by atoms with E-state index in [4.69, 9.17) is 17.7 Å². The van der Waals surface area contributed by atoms with Gasteiger partial charge in [-0.25, -0.2) is 0 Å². The normalized spacial score (nSPS) is 21.5. The molecule has 4 heterocycles. The average Bonchev–Trinajstić information content (AvgIpc) is 1.50. The predicted octanol–water partition coefficient (Wildman–Crippen LogP) is 37.7. The maximum absolute atomic E-state index is 7.60. The molecule has 9 heteroatoms. The van der Waals surface area contributed by atoms with Crippen LogP contribution in [0.3, 0.4) is 0 Å². The highest BCUT2D eigenvalue weighted by Gasteiger charge is 2.65. The van der Waals surface area contributed by atoms with Crippen LogP contribution in [0.25, 0.3) is 110 Å². The van der Waals surface area contributed by atoms with Gasteiger partial charge in [-0.05, 0) is 342 Å². The van der Waals surface area contributed by atoms with E-state index in [9.17, 15) is 0 Å². The molecule has 2 spiro atoms. The molecule has 0 unspecified atom stereocenters. The molecule has 18 aromatic rings. The van der Waals surface area contributed by atoms with Crippen molar-refractivity contribution in [2.45, 2.75) is 201 Å². The third kappa shape index (κ3) is 13.4. The molecule has 4 aromatic heterocycles. The maximum Gasteiger partial charge on any atom is 0.145 e. The van der Waals surface area contributed by atoms with Crippen molar-refractivity contribution < 1.29 is 17.7 Å². The second-order valence-electron chi connectivity index (χ2n) is 42.1. The predicted molar refractivity (Wildman–Crippen MR) is 561 cm³/mol. The fourth-order valence-corrected chi connectivity index (χ4v) is 27.9. The molecule has 7 nitrogen and oxygen atoms in total. The van der Waals surface area contributed by atoms with Crippen molar-refractivity contribution in [3.05, 3.63) is 332 Å². The van der Waals surface area contributed by atoms with Crippen molar-refractivity contribution in [3.63, 3.8) is 0 Å². The topological polar surface area (TPSA) is 71.1 Å². The number of anilines is 8. The first-order valence-electron chi connectivity index (χ1n) is 48.9. The lowest BCUT2D eigenvalue weighted by Gasteiger charge is -2.61. The lowest BCUT2D eigenvalue weighted by molar-refractivity contribution is -0.0396. The first kappa shape index (κ1) is 84.9. The van der Waals surface area contributed by atoms with E-state index in [1.54, 1.807) is 0 Å². The van der Waals surface area contributed by atoms with Crippen LogP contribution in [0, 0.1) is 47.3 Å². The minimum absolute atomic E-state index is 0. The summed E-state index contributed by atoms with van der Waals surface area (Å²) in [5.74, 6) is 8.61. The van der Waals surface area contributed by atoms with E-state index in [-0.39, 0.29) is 18.3 Å². The van der Waals surface area contributed by atoms with Gasteiger partial charge in [-0.2, -0.15) is 0 Å². The van der Waals surface area contributed by atoms with Gasteiger partial charge in [0, 0.05) is 126 Å². The van der Waals surface area contributed by atoms with Crippen LogP contribution in [0.15, 0.2) is 294 Å². The minimum Gasteiger partial charge on any atom is -0.456 e. The lowest BCUT2D eigenvalue weighted by Crippen LogP contribution is -2.55. The highest BCUT2D eigenvalue weighted by molar-refractivity contribution is 9.11. The summed E-state index contributed by atoms with van der Waals surface area (Å²) in [6, 6.07) is 99.6. The number of benzene rings is 14. The smallest absolute Gasteiger partial charge is 0.145 e. The monoisotopic (exact) mass is 1860 g/mol.